The molecule has 2 rings (SSSR count). The molecular formula is C10H14BrNO2. The van der Waals surface area contributed by atoms with Crippen LogP contribution in [0.1, 0.15) is 25.1 Å². The van der Waals surface area contributed by atoms with Crippen molar-refractivity contribution in [3.05, 3.63) is 22.6 Å². The first-order valence-corrected chi connectivity index (χ1v) is 5.59. The first kappa shape index (κ1) is 10.2. The summed E-state index contributed by atoms with van der Waals surface area (Å²) in [5.41, 5.74) is 6.09. The molecule has 2 heterocycles. The zero-order chi connectivity index (χ0) is 10.1. The minimum atomic E-state index is -0.170. The van der Waals surface area contributed by atoms with Crippen molar-refractivity contribution in [3.63, 3.8) is 0 Å². The highest BCUT2D eigenvalue weighted by molar-refractivity contribution is 9.10. The Morgan fingerprint density at radius 2 is 2.43 bits per heavy atom. The predicted molar refractivity (Wildman–Crippen MR) is 56.9 cm³/mol. The fourth-order valence-corrected chi connectivity index (χ4v) is 2.33. The lowest BCUT2D eigenvalue weighted by molar-refractivity contribution is 0.0661. The fourth-order valence-electron chi connectivity index (χ4n) is 1.87. The van der Waals surface area contributed by atoms with Crippen LogP contribution < -0.4 is 5.73 Å². The molecule has 1 saturated heterocycles. The molecule has 1 aliphatic heterocycles. The summed E-state index contributed by atoms with van der Waals surface area (Å²) in [7, 11) is 0. The summed E-state index contributed by atoms with van der Waals surface area (Å²) in [6.07, 6.45) is 2.80. The predicted octanol–water partition coefficient (Wildman–Crippen LogP) is 2.47. The van der Waals surface area contributed by atoms with Crippen LogP contribution in [-0.4, -0.2) is 12.7 Å². The SMILES string of the molecule is CC1CCOC1C(N)c1occc1Br. The van der Waals surface area contributed by atoms with E-state index in [0.717, 1.165) is 23.3 Å². The maximum absolute atomic E-state index is 6.09. The van der Waals surface area contributed by atoms with Crippen LogP contribution in [0.5, 0.6) is 0 Å². The molecule has 0 aromatic carbocycles. The number of hydrogen-bond donors (Lipinski definition) is 1. The number of halogens is 1. The third-order valence-electron chi connectivity index (χ3n) is 2.75. The largest absolute Gasteiger partial charge is 0.466 e. The van der Waals surface area contributed by atoms with Gasteiger partial charge in [-0.25, -0.2) is 0 Å². The van der Waals surface area contributed by atoms with Crippen molar-refractivity contribution in [2.45, 2.75) is 25.5 Å². The van der Waals surface area contributed by atoms with Crippen LogP contribution in [0.2, 0.25) is 0 Å². The molecule has 0 radical (unpaired) electrons. The monoisotopic (exact) mass is 259 g/mol. The first-order valence-electron chi connectivity index (χ1n) is 4.80. The van der Waals surface area contributed by atoms with Gasteiger partial charge in [-0.15, -0.1) is 0 Å². The molecular weight excluding hydrogens is 246 g/mol. The quantitative estimate of drug-likeness (QED) is 0.888. The molecule has 3 nitrogen and oxygen atoms in total. The summed E-state index contributed by atoms with van der Waals surface area (Å²) in [5.74, 6) is 1.28. The van der Waals surface area contributed by atoms with E-state index in [1.165, 1.54) is 0 Å². The van der Waals surface area contributed by atoms with Crippen LogP contribution in [0.3, 0.4) is 0 Å². The third-order valence-corrected chi connectivity index (χ3v) is 3.40. The van der Waals surface area contributed by atoms with Crippen molar-refractivity contribution < 1.29 is 9.15 Å². The lowest BCUT2D eigenvalue weighted by Gasteiger charge is -2.20. The second-order valence-electron chi connectivity index (χ2n) is 3.76. The Morgan fingerprint density at radius 1 is 1.64 bits per heavy atom. The van der Waals surface area contributed by atoms with Crippen molar-refractivity contribution in [1.82, 2.24) is 0 Å². The van der Waals surface area contributed by atoms with Gasteiger partial charge in [0.05, 0.1) is 22.9 Å². The highest BCUT2D eigenvalue weighted by atomic mass is 79.9. The summed E-state index contributed by atoms with van der Waals surface area (Å²) in [4.78, 5) is 0. The van der Waals surface area contributed by atoms with E-state index < -0.39 is 0 Å². The van der Waals surface area contributed by atoms with Gasteiger partial charge in [-0.1, -0.05) is 6.92 Å². The van der Waals surface area contributed by atoms with E-state index in [4.69, 9.17) is 14.9 Å². The fraction of sp³-hybridized carbons (Fsp3) is 0.600. The molecule has 2 N–H and O–H groups in total. The molecule has 1 aromatic rings. The van der Waals surface area contributed by atoms with Crippen molar-refractivity contribution in [3.8, 4) is 0 Å². The minimum absolute atomic E-state index is 0.0810. The van der Waals surface area contributed by atoms with E-state index in [1.807, 2.05) is 6.07 Å². The van der Waals surface area contributed by atoms with Gasteiger partial charge >= 0.3 is 0 Å². The lowest BCUT2D eigenvalue weighted by Crippen LogP contribution is -2.29. The van der Waals surface area contributed by atoms with Gasteiger partial charge in [0.25, 0.3) is 0 Å². The third kappa shape index (κ3) is 1.74. The Morgan fingerprint density at radius 3 is 2.93 bits per heavy atom. The lowest BCUT2D eigenvalue weighted by atomic mass is 9.97. The van der Waals surface area contributed by atoms with Crippen molar-refractivity contribution in [2.75, 3.05) is 6.61 Å². The van der Waals surface area contributed by atoms with E-state index >= 15 is 0 Å². The van der Waals surface area contributed by atoms with Crippen LogP contribution in [0.4, 0.5) is 0 Å². The second-order valence-corrected chi connectivity index (χ2v) is 4.61. The summed E-state index contributed by atoms with van der Waals surface area (Å²) in [5, 5.41) is 0. The van der Waals surface area contributed by atoms with Gasteiger partial charge in [0.2, 0.25) is 0 Å². The van der Waals surface area contributed by atoms with Crippen LogP contribution in [0, 0.1) is 5.92 Å². The van der Waals surface area contributed by atoms with Crippen molar-refractivity contribution >= 4 is 15.9 Å². The highest BCUT2D eigenvalue weighted by Gasteiger charge is 2.33. The minimum Gasteiger partial charge on any atom is -0.466 e. The van der Waals surface area contributed by atoms with Gasteiger partial charge in [-0.05, 0) is 34.3 Å². The number of hydrogen-bond acceptors (Lipinski definition) is 3. The molecule has 1 aromatic heterocycles. The van der Waals surface area contributed by atoms with Crippen molar-refractivity contribution in [1.29, 1.82) is 0 Å². The summed E-state index contributed by atoms with van der Waals surface area (Å²) in [6, 6.07) is 1.69. The average molecular weight is 260 g/mol. The topological polar surface area (TPSA) is 48.4 Å². The van der Waals surface area contributed by atoms with E-state index in [1.54, 1.807) is 6.26 Å². The van der Waals surface area contributed by atoms with E-state index in [-0.39, 0.29) is 12.1 Å². The van der Waals surface area contributed by atoms with Gasteiger partial charge in [0, 0.05) is 6.61 Å². The normalized spacial score (nSPS) is 29.4. The number of furan rings is 1. The van der Waals surface area contributed by atoms with Gasteiger partial charge in [0.1, 0.15) is 5.76 Å². The highest BCUT2D eigenvalue weighted by Crippen LogP contribution is 2.33. The Hall–Kier alpha value is -0.320. The zero-order valence-corrected chi connectivity index (χ0v) is 9.66. The van der Waals surface area contributed by atoms with Crippen LogP contribution in [0.15, 0.2) is 21.2 Å². The van der Waals surface area contributed by atoms with Gasteiger partial charge in [0.15, 0.2) is 0 Å². The van der Waals surface area contributed by atoms with E-state index in [2.05, 4.69) is 22.9 Å². The molecule has 78 valence electrons. The molecule has 3 atom stereocenters. The summed E-state index contributed by atoms with van der Waals surface area (Å²) >= 11 is 3.40. The molecule has 0 spiro atoms. The van der Waals surface area contributed by atoms with Crippen molar-refractivity contribution in [2.24, 2.45) is 11.7 Å². The zero-order valence-electron chi connectivity index (χ0n) is 8.07. The van der Waals surface area contributed by atoms with E-state index in [0.29, 0.717) is 5.92 Å². The molecule has 4 heteroatoms. The van der Waals surface area contributed by atoms with Gasteiger partial charge in [-0.2, -0.15) is 0 Å². The summed E-state index contributed by atoms with van der Waals surface area (Å²) < 4.78 is 11.9. The maximum Gasteiger partial charge on any atom is 0.137 e. The number of rotatable bonds is 2. The van der Waals surface area contributed by atoms with Gasteiger partial charge < -0.3 is 14.9 Å². The number of nitrogens with two attached hydrogens (primary N) is 1. The molecule has 0 amide bonds. The smallest absolute Gasteiger partial charge is 0.137 e. The standard InChI is InChI=1S/C10H14BrNO2/c1-6-2-4-13-9(6)8(12)10-7(11)3-5-14-10/h3,5-6,8-9H,2,4,12H2,1H3. The number of ether oxygens (including phenoxy) is 1. The molecule has 14 heavy (non-hydrogen) atoms. The Bertz CT molecular complexity index is 313. The molecule has 3 unspecified atom stereocenters. The summed E-state index contributed by atoms with van der Waals surface area (Å²) in [6.45, 7) is 2.96. The Balaban J connectivity index is 2.15. The molecule has 1 fully saturated rings. The van der Waals surface area contributed by atoms with E-state index in [9.17, 15) is 0 Å². The molecule has 0 bridgehead atoms. The van der Waals surface area contributed by atoms with Crippen LogP contribution >= 0.6 is 15.9 Å². The van der Waals surface area contributed by atoms with Crippen LogP contribution in [0.25, 0.3) is 0 Å². The Kier molecular flexibility index (Phi) is 2.95. The molecule has 0 aliphatic carbocycles. The second kappa shape index (κ2) is 4.04. The first-order chi connectivity index (χ1) is 6.70. The average Bonchev–Trinajstić information content (AvgIpc) is 2.73. The maximum atomic E-state index is 6.09. The molecule has 0 saturated carbocycles. The van der Waals surface area contributed by atoms with Crippen LogP contribution in [-0.2, 0) is 4.74 Å². The Labute approximate surface area is 91.7 Å². The molecule has 1 aliphatic rings. The van der Waals surface area contributed by atoms with Gasteiger partial charge in [-0.3, -0.25) is 0 Å².